The van der Waals surface area contributed by atoms with Gasteiger partial charge >= 0.3 is 6.09 Å². The summed E-state index contributed by atoms with van der Waals surface area (Å²) in [6.45, 7) is 5.54. The molecule has 6 heteroatoms. The van der Waals surface area contributed by atoms with E-state index in [9.17, 15) is 14.4 Å². The van der Waals surface area contributed by atoms with Crippen LogP contribution in [0, 0.1) is 5.92 Å². The highest BCUT2D eigenvalue weighted by Gasteiger charge is 2.20. The van der Waals surface area contributed by atoms with E-state index in [1.807, 2.05) is 44.2 Å². The first kappa shape index (κ1) is 18.7. The van der Waals surface area contributed by atoms with Gasteiger partial charge in [0.2, 0.25) is 12.2 Å². The predicted octanol–water partition coefficient (Wildman–Crippen LogP) is 1.94. The first-order valence-electron chi connectivity index (χ1n) is 7.57. The molecule has 1 aromatic rings. The van der Waals surface area contributed by atoms with E-state index in [1.165, 1.54) is 6.92 Å². The van der Waals surface area contributed by atoms with Crippen LogP contribution in [0.5, 0.6) is 0 Å². The Morgan fingerprint density at radius 1 is 1.13 bits per heavy atom. The van der Waals surface area contributed by atoms with E-state index in [1.54, 1.807) is 6.29 Å². The number of benzene rings is 1. The van der Waals surface area contributed by atoms with Crippen LogP contribution in [-0.2, 0) is 20.9 Å². The predicted molar refractivity (Wildman–Crippen MR) is 86.3 cm³/mol. The van der Waals surface area contributed by atoms with Crippen molar-refractivity contribution in [2.75, 3.05) is 0 Å². The molecule has 0 fully saturated rings. The van der Waals surface area contributed by atoms with Crippen molar-refractivity contribution in [3.05, 3.63) is 35.9 Å². The van der Waals surface area contributed by atoms with Gasteiger partial charge in [-0.1, -0.05) is 44.2 Å². The third kappa shape index (κ3) is 7.44. The van der Waals surface area contributed by atoms with Crippen LogP contribution >= 0.6 is 0 Å². The fraction of sp³-hybridized carbons (Fsp3) is 0.471. The quantitative estimate of drug-likeness (QED) is 0.767. The zero-order valence-corrected chi connectivity index (χ0v) is 13.7. The van der Waals surface area contributed by atoms with Crippen molar-refractivity contribution in [1.82, 2.24) is 10.6 Å². The van der Waals surface area contributed by atoms with Crippen molar-refractivity contribution in [2.45, 2.75) is 45.9 Å². The lowest BCUT2D eigenvalue weighted by atomic mass is 10.0. The minimum atomic E-state index is -0.804. The number of hydrogen-bond donors (Lipinski definition) is 2. The average Bonchev–Trinajstić information content (AvgIpc) is 2.52. The largest absolute Gasteiger partial charge is 0.445 e. The minimum absolute atomic E-state index is 0.124. The molecule has 2 amide bonds. The summed E-state index contributed by atoms with van der Waals surface area (Å²) < 4.78 is 5.04. The van der Waals surface area contributed by atoms with Crippen molar-refractivity contribution in [3.63, 3.8) is 0 Å². The van der Waals surface area contributed by atoms with E-state index in [0.717, 1.165) is 5.56 Å². The molecule has 23 heavy (non-hydrogen) atoms. The Morgan fingerprint density at radius 2 is 1.78 bits per heavy atom. The summed E-state index contributed by atoms with van der Waals surface area (Å²) in [5, 5.41) is 4.97. The number of alkyl carbamates (subject to hydrolysis) is 1. The fourth-order valence-electron chi connectivity index (χ4n) is 1.91. The lowest BCUT2D eigenvalue weighted by Gasteiger charge is -2.18. The van der Waals surface area contributed by atoms with Gasteiger partial charge in [0.1, 0.15) is 12.6 Å². The van der Waals surface area contributed by atoms with E-state index in [2.05, 4.69) is 10.6 Å². The third-order valence-corrected chi connectivity index (χ3v) is 3.11. The number of carbonyl (C=O) groups is 2. The number of ether oxygens (including phenoxy) is 1. The summed E-state index contributed by atoms with van der Waals surface area (Å²) in [5.74, 6) is -0.198. The van der Waals surface area contributed by atoms with Gasteiger partial charge in [-0.3, -0.25) is 9.59 Å². The van der Waals surface area contributed by atoms with Crippen LogP contribution in [0.25, 0.3) is 0 Å². The molecule has 0 spiro atoms. The maximum atomic E-state index is 11.9. The molecule has 0 aromatic heterocycles. The van der Waals surface area contributed by atoms with E-state index in [4.69, 9.17) is 4.74 Å². The first-order valence-corrected chi connectivity index (χ1v) is 7.57. The van der Waals surface area contributed by atoms with Crippen LogP contribution in [0.3, 0.4) is 0 Å². The molecule has 1 rings (SSSR count). The Morgan fingerprint density at radius 3 is 2.35 bits per heavy atom. The maximum absolute atomic E-state index is 11.9. The van der Waals surface area contributed by atoms with Gasteiger partial charge in [0, 0.05) is 0 Å². The van der Waals surface area contributed by atoms with Gasteiger partial charge in [-0.2, -0.15) is 0 Å². The van der Waals surface area contributed by atoms with Crippen LogP contribution in [-0.4, -0.2) is 30.4 Å². The molecule has 0 unspecified atom stereocenters. The second-order valence-electron chi connectivity index (χ2n) is 5.74. The van der Waals surface area contributed by atoms with Crippen LogP contribution in [0.2, 0.25) is 0 Å². The Kier molecular flexibility index (Phi) is 7.80. The summed E-state index contributed by atoms with van der Waals surface area (Å²) in [7, 11) is 0. The number of nitrogens with one attached hydrogen (secondary N) is 2. The highest BCUT2D eigenvalue weighted by Crippen LogP contribution is 2.03. The normalized spacial score (nSPS) is 13.0. The summed E-state index contributed by atoms with van der Waals surface area (Å²) in [6, 6.07) is 7.75. The van der Waals surface area contributed by atoms with E-state index >= 15 is 0 Å². The topological polar surface area (TPSA) is 84.5 Å². The second-order valence-corrected chi connectivity index (χ2v) is 5.74. The zero-order valence-electron chi connectivity index (χ0n) is 13.7. The molecule has 6 nitrogen and oxygen atoms in total. The molecule has 1 aromatic carbocycles. The van der Waals surface area contributed by atoms with Gasteiger partial charge < -0.3 is 15.4 Å². The van der Waals surface area contributed by atoms with Crippen molar-refractivity contribution >= 4 is 18.3 Å². The van der Waals surface area contributed by atoms with Gasteiger partial charge in [0.25, 0.3) is 0 Å². The molecule has 0 saturated carbocycles. The van der Waals surface area contributed by atoms with Crippen molar-refractivity contribution in [1.29, 1.82) is 0 Å². The number of hydrogen-bond acceptors (Lipinski definition) is 4. The van der Waals surface area contributed by atoms with E-state index < -0.39 is 24.1 Å². The Hall–Kier alpha value is -2.37. The molecule has 0 bridgehead atoms. The zero-order chi connectivity index (χ0) is 17.2. The molecule has 0 heterocycles. The first-order chi connectivity index (χ1) is 10.9. The van der Waals surface area contributed by atoms with E-state index in [-0.39, 0.29) is 12.5 Å². The summed E-state index contributed by atoms with van der Waals surface area (Å²) >= 11 is 0. The highest BCUT2D eigenvalue weighted by atomic mass is 16.5. The van der Waals surface area contributed by atoms with Crippen LogP contribution < -0.4 is 10.6 Å². The Labute approximate surface area is 136 Å². The Balaban J connectivity index is 2.38. The molecule has 0 saturated heterocycles. The standard InChI is InChI=1S/C17H23N2O4/c1-12(2)9-15(10-20)19-16(21)13(3)18-17(22)23-11-14-7-5-4-6-8-14/h4-8,12-13,15H,9,11H2,1-3H3,(H,18,22)(H,19,21)/t13-,15-/m0/s1. The van der Waals surface area contributed by atoms with Crippen LogP contribution in [0.15, 0.2) is 30.3 Å². The van der Waals surface area contributed by atoms with Crippen molar-refractivity contribution < 1.29 is 19.1 Å². The number of carbonyl (C=O) groups excluding carboxylic acids is 3. The summed E-state index contributed by atoms with van der Waals surface area (Å²) in [4.78, 5) is 34.4. The molecular formula is C17H23N2O4. The van der Waals surface area contributed by atoms with Gasteiger partial charge in [0.05, 0.1) is 6.04 Å². The molecule has 2 N–H and O–H groups in total. The van der Waals surface area contributed by atoms with Gasteiger partial charge in [-0.05, 0) is 24.8 Å². The minimum Gasteiger partial charge on any atom is -0.445 e. The summed E-state index contributed by atoms with van der Waals surface area (Å²) in [5.41, 5.74) is 0.854. The van der Waals surface area contributed by atoms with Gasteiger partial charge in [-0.25, -0.2) is 4.79 Å². The molecule has 0 aliphatic rings. The van der Waals surface area contributed by atoms with Crippen molar-refractivity contribution in [2.24, 2.45) is 5.92 Å². The lowest BCUT2D eigenvalue weighted by Crippen LogP contribution is -2.48. The molecule has 125 valence electrons. The number of rotatable bonds is 8. The molecule has 2 atom stereocenters. The van der Waals surface area contributed by atoms with Gasteiger partial charge in [-0.15, -0.1) is 0 Å². The summed E-state index contributed by atoms with van der Waals surface area (Å²) in [6.07, 6.45) is 1.61. The molecule has 0 aliphatic heterocycles. The highest BCUT2D eigenvalue weighted by molar-refractivity contribution is 5.87. The monoisotopic (exact) mass is 319 g/mol. The van der Waals surface area contributed by atoms with Crippen molar-refractivity contribution in [3.8, 4) is 0 Å². The second kappa shape index (κ2) is 9.61. The fourth-order valence-corrected chi connectivity index (χ4v) is 1.91. The Bertz CT molecular complexity index is 517. The third-order valence-electron chi connectivity index (χ3n) is 3.11. The van der Waals surface area contributed by atoms with E-state index in [0.29, 0.717) is 6.42 Å². The maximum Gasteiger partial charge on any atom is 0.408 e. The molecule has 1 radical (unpaired) electrons. The SMILES string of the molecule is CC(C)C[C@@H]([C]=O)NC(=O)[C@H](C)NC(=O)OCc1ccccc1. The van der Waals surface area contributed by atoms with Crippen LogP contribution in [0.4, 0.5) is 4.79 Å². The molecule has 0 aliphatic carbocycles. The average molecular weight is 319 g/mol. The lowest BCUT2D eigenvalue weighted by molar-refractivity contribution is -0.123. The molecular weight excluding hydrogens is 296 g/mol. The van der Waals surface area contributed by atoms with Crippen LogP contribution in [0.1, 0.15) is 32.8 Å². The smallest absolute Gasteiger partial charge is 0.408 e. The van der Waals surface area contributed by atoms with Gasteiger partial charge in [0.15, 0.2) is 0 Å². The number of amides is 2.